The topological polar surface area (TPSA) is 138 Å². The quantitative estimate of drug-likeness (QED) is 0.152. The molecule has 2 heterocycles. The number of likely N-dealkylation sites (tertiary alicyclic amines) is 1. The number of carbonyl (C=O) groups excluding carboxylic acids is 2. The third kappa shape index (κ3) is 11.5. The van der Waals surface area contributed by atoms with Crippen molar-refractivity contribution in [2.75, 3.05) is 79.5 Å². The van der Waals surface area contributed by atoms with Gasteiger partial charge in [0.25, 0.3) is 5.91 Å². The van der Waals surface area contributed by atoms with Gasteiger partial charge in [-0.15, -0.1) is 0 Å². The van der Waals surface area contributed by atoms with Crippen LogP contribution in [0.25, 0.3) is 0 Å². The average Bonchev–Trinajstić information content (AvgIpc) is 3.01. The van der Waals surface area contributed by atoms with Gasteiger partial charge in [-0.25, -0.2) is 9.79 Å². The summed E-state index contributed by atoms with van der Waals surface area (Å²) in [5, 5.41) is 16.0. The van der Waals surface area contributed by atoms with Gasteiger partial charge in [0, 0.05) is 39.8 Å². The van der Waals surface area contributed by atoms with Gasteiger partial charge in [-0.1, -0.05) is 33.1 Å². The van der Waals surface area contributed by atoms with Gasteiger partial charge in [-0.05, 0) is 43.6 Å². The maximum Gasteiger partial charge on any atom is 0.413 e. The number of ether oxygens (including phenoxy) is 4. The molecule has 0 aromatic carbocycles. The van der Waals surface area contributed by atoms with Gasteiger partial charge in [0.05, 0.1) is 45.7 Å². The van der Waals surface area contributed by atoms with Gasteiger partial charge in [-0.2, -0.15) is 5.26 Å². The van der Waals surface area contributed by atoms with Crippen LogP contribution >= 0.6 is 0 Å². The Morgan fingerprint density at radius 1 is 1.10 bits per heavy atom. The Kier molecular flexibility index (Phi) is 14.5. The molecule has 1 aliphatic carbocycles. The van der Waals surface area contributed by atoms with Crippen molar-refractivity contribution >= 4 is 18.0 Å². The van der Waals surface area contributed by atoms with Gasteiger partial charge in [0.1, 0.15) is 11.2 Å². The van der Waals surface area contributed by atoms with E-state index >= 15 is 0 Å². The number of morpholine rings is 1. The molecule has 2 N–H and O–H groups in total. The minimum Gasteiger partial charge on any atom is -0.449 e. The predicted molar refractivity (Wildman–Crippen MR) is 159 cm³/mol. The Bertz CT molecular complexity index is 944. The summed E-state index contributed by atoms with van der Waals surface area (Å²) in [5.74, 6) is 0.254. The van der Waals surface area contributed by atoms with Crippen LogP contribution in [0.15, 0.2) is 16.8 Å². The molecular formula is C30H50N6O6. The Balaban J connectivity index is 1.76. The smallest absolute Gasteiger partial charge is 0.413 e. The van der Waals surface area contributed by atoms with Crippen LogP contribution < -0.4 is 10.6 Å². The number of piperidine rings is 1. The monoisotopic (exact) mass is 590 g/mol. The zero-order valence-electron chi connectivity index (χ0n) is 25.7. The van der Waals surface area contributed by atoms with Crippen LogP contribution in [-0.4, -0.2) is 113 Å². The van der Waals surface area contributed by atoms with Gasteiger partial charge < -0.3 is 34.1 Å². The van der Waals surface area contributed by atoms with Crippen molar-refractivity contribution in [2.24, 2.45) is 16.8 Å². The molecule has 236 valence electrons. The van der Waals surface area contributed by atoms with Crippen LogP contribution in [0.5, 0.6) is 0 Å². The van der Waals surface area contributed by atoms with E-state index in [1.54, 1.807) is 7.11 Å². The number of carbonyl (C=O) groups is 2. The lowest BCUT2D eigenvalue weighted by Crippen LogP contribution is -2.55. The molecule has 1 saturated carbocycles. The number of rotatable bonds is 12. The second-order valence-corrected chi connectivity index (χ2v) is 11.7. The van der Waals surface area contributed by atoms with E-state index in [0.29, 0.717) is 72.1 Å². The lowest BCUT2D eigenvalue weighted by atomic mass is 9.87. The van der Waals surface area contributed by atoms with Gasteiger partial charge in [0.15, 0.2) is 0 Å². The van der Waals surface area contributed by atoms with E-state index in [1.807, 2.05) is 24.8 Å². The minimum atomic E-state index is -0.992. The van der Waals surface area contributed by atoms with Crippen LogP contribution in [0.1, 0.15) is 58.8 Å². The summed E-state index contributed by atoms with van der Waals surface area (Å²) in [6.45, 7) is 10.0. The number of allylic oxidation sites excluding steroid dienone is 1. The zero-order chi connectivity index (χ0) is 30.2. The molecule has 0 aromatic heterocycles. The fraction of sp³-hybridized carbons (Fsp3) is 0.800. The third-order valence-electron chi connectivity index (χ3n) is 7.83. The average molecular weight is 591 g/mol. The summed E-state index contributed by atoms with van der Waals surface area (Å²) in [6, 6.07) is 2.39. The van der Waals surface area contributed by atoms with Crippen LogP contribution in [0.2, 0.25) is 0 Å². The molecule has 0 atom stereocenters. The number of hydrogen-bond donors (Lipinski definition) is 2. The first-order valence-electron chi connectivity index (χ1n) is 15.4. The first kappa shape index (κ1) is 33.8. The number of nitriles is 1. The van der Waals surface area contributed by atoms with Crippen molar-refractivity contribution in [3.8, 4) is 6.07 Å². The Morgan fingerprint density at radius 3 is 2.45 bits per heavy atom. The number of nitrogens with zero attached hydrogens (tertiary/aromatic N) is 4. The molecule has 0 bridgehead atoms. The molecule has 3 fully saturated rings. The highest BCUT2D eigenvalue weighted by molar-refractivity contribution is 6.00. The standard InChI is InChI=1S/C30H50N6O6/c1-24(2)22-42-29(38)33-28(36-14-17-40-18-15-36)32-26(21-25-7-5-4-6-8-25)27(37)34-30(23-31)9-11-35(12-10-30)13-16-41-20-19-39-3/h21,24-25H,4-20,22H2,1-3H3,(H,34,37)(H,32,33,38)/b26-21+. The van der Waals surface area contributed by atoms with Crippen molar-refractivity contribution in [1.82, 2.24) is 20.4 Å². The second kappa shape index (κ2) is 18.1. The lowest BCUT2D eigenvalue weighted by Gasteiger charge is -2.37. The zero-order valence-corrected chi connectivity index (χ0v) is 25.7. The third-order valence-corrected chi connectivity index (χ3v) is 7.83. The molecule has 12 nitrogen and oxygen atoms in total. The molecule has 0 radical (unpaired) electrons. The number of nitrogens with one attached hydrogen (secondary N) is 2. The maximum atomic E-state index is 13.9. The van der Waals surface area contributed by atoms with E-state index in [0.717, 1.165) is 32.2 Å². The number of guanidine groups is 1. The Hall–Kier alpha value is -2.72. The number of amides is 2. The highest BCUT2D eigenvalue weighted by atomic mass is 16.5. The van der Waals surface area contributed by atoms with Crippen LogP contribution in [-0.2, 0) is 23.7 Å². The van der Waals surface area contributed by atoms with Crippen molar-refractivity contribution in [3.63, 3.8) is 0 Å². The first-order chi connectivity index (χ1) is 20.3. The summed E-state index contributed by atoms with van der Waals surface area (Å²) in [6.07, 6.45) is 7.66. The fourth-order valence-corrected chi connectivity index (χ4v) is 5.27. The van der Waals surface area contributed by atoms with E-state index in [-0.39, 0.29) is 30.1 Å². The predicted octanol–water partition coefficient (Wildman–Crippen LogP) is 2.66. The summed E-state index contributed by atoms with van der Waals surface area (Å²) in [4.78, 5) is 35.4. The highest BCUT2D eigenvalue weighted by Gasteiger charge is 2.37. The molecule has 12 heteroatoms. The van der Waals surface area contributed by atoms with Gasteiger partial charge >= 0.3 is 6.09 Å². The summed E-state index contributed by atoms with van der Waals surface area (Å²) in [5.41, 5.74) is -0.773. The number of aliphatic imine (C=N–C) groups is 1. The summed E-state index contributed by atoms with van der Waals surface area (Å²) >= 11 is 0. The molecule has 2 aliphatic heterocycles. The minimum absolute atomic E-state index is 0.184. The molecule has 42 heavy (non-hydrogen) atoms. The largest absolute Gasteiger partial charge is 0.449 e. The first-order valence-corrected chi connectivity index (χ1v) is 15.4. The van der Waals surface area contributed by atoms with Crippen molar-refractivity contribution in [3.05, 3.63) is 11.8 Å². The summed E-state index contributed by atoms with van der Waals surface area (Å²) < 4.78 is 21.5. The van der Waals surface area contributed by atoms with Crippen molar-refractivity contribution in [1.29, 1.82) is 5.26 Å². The number of methoxy groups -OCH3 is 1. The fourth-order valence-electron chi connectivity index (χ4n) is 5.27. The lowest BCUT2D eigenvalue weighted by molar-refractivity contribution is -0.119. The molecule has 3 aliphatic rings. The molecule has 0 unspecified atom stereocenters. The van der Waals surface area contributed by atoms with E-state index in [2.05, 4.69) is 21.6 Å². The van der Waals surface area contributed by atoms with Gasteiger partial charge in [-0.3, -0.25) is 10.1 Å². The Labute approximate surface area is 250 Å². The molecule has 0 spiro atoms. The normalized spacial score (nSPS) is 20.7. The van der Waals surface area contributed by atoms with Crippen LogP contribution in [0.3, 0.4) is 0 Å². The molecule has 3 rings (SSSR count). The van der Waals surface area contributed by atoms with Crippen molar-refractivity contribution < 1.29 is 28.5 Å². The SMILES string of the molecule is COCCOCCN1CCC(C#N)(NC(=O)/C(=C\C2CCCCC2)N=C(NC(=O)OCC(C)C)N2CCOCC2)CC1. The van der Waals surface area contributed by atoms with E-state index in [4.69, 9.17) is 23.9 Å². The van der Waals surface area contributed by atoms with Crippen LogP contribution in [0.4, 0.5) is 4.79 Å². The van der Waals surface area contributed by atoms with E-state index in [1.165, 1.54) is 6.42 Å². The molecule has 2 amide bonds. The summed E-state index contributed by atoms with van der Waals surface area (Å²) in [7, 11) is 1.65. The second-order valence-electron chi connectivity index (χ2n) is 11.7. The van der Waals surface area contributed by atoms with E-state index in [9.17, 15) is 14.9 Å². The number of hydrogen-bond acceptors (Lipinski definition) is 9. The van der Waals surface area contributed by atoms with Crippen molar-refractivity contribution in [2.45, 2.75) is 64.3 Å². The maximum absolute atomic E-state index is 13.9. The Morgan fingerprint density at radius 2 is 1.81 bits per heavy atom. The highest BCUT2D eigenvalue weighted by Crippen LogP contribution is 2.27. The molecule has 0 aromatic rings. The molecule has 2 saturated heterocycles. The number of alkyl carbamates (subject to hydrolysis) is 1. The van der Waals surface area contributed by atoms with E-state index < -0.39 is 17.5 Å². The van der Waals surface area contributed by atoms with Crippen LogP contribution in [0, 0.1) is 23.2 Å². The van der Waals surface area contributed by atoms with Gasteiger partial charge in [0.2, 0.25) is 5.96 Å². The molecular weight excluding hydrogens is 540 g/mol.